The minimum atomic E-state index is -0.564. The van der Waals surface area contributed by atoms with Crippen molar-refractivity contribution in [1.82, 2.24) is 5.32 Å². The highest BCUT2D eigenvalue weighted by Gasteiger charge is 2.33. The SMILES string of the molecule is CC1(C)OC[C@H](CNCC(O)COC[C@H]2COC(C)(C)O2)O1. The highest BCUT2D eigenvalue weighted by atomic mass is 16.8. The largest absolute Gasteiger partial charge is 0.389 e. The van der Waals surface area contributed by atoms with Crippen molar-refractivity contribution in [2.75, 3.05) is 39.5 Å². The van der Waals surface area contributed by atoms with Gasteiger partial charge in [0.25, 0.3) is 0 Å². The number of aliphatic hydroxyl groups is 1. The van der Waals surface area contributed by atoms with Crippen molar-refractivity contribution in [2.24, 2.45) is 0 Å². The third kappa shape index (κ3) is 6.08. The number of hydrogen-bond donors (Lipinski definition) is 2. The van der Waals surface area contributed by atoms with Gasteiger partial charge in [0, 0.05) is 13.1 Å². The zero-order chi connectivity index (χ0) is 16.2. The van der Waals surface area contributed by atoms with Crippen LogP contribution >= 0.6 is 0 Å². The van der Waals surface area contributed by atoms with E-state index >= 15 is 0 Å². The molecule has 0 bridgehead atoms. The molecule has 2 fully saturated rings. The number of nitrogens with one attached hydrogen (secondary N) is 1. The van der Waals surface area contributed by atoms with Gasteiger partial charge in [-0.1, -0.05) is 0 Å². The van der Waals surface area contributed by atoms with E-state index in [9.17, 15) is 5.11 Å². The van der Waals surface area contributed by atoms with Crippen molar-refractivity contribution in [3.05, 3.63) is 0 Å². The van der Waals surface area contributed by atoms with Gasteiger partial charge in [-0.05, 0) is 27.7 Å². The van der Waals surface area contributed by atoms with E-state index in [1.165, 1.54) is 0 Å². The minimum Gasteiger partial charge on any atom is -0.389 e. The molecule has 0 aromatic rings. The number of hydrogen-bond acceptors (Lipinski definition) is 7. The summed E-state index contributed by atoms with van der Waals surface area (Å²) < 4.78 is 27.7. The molecule has 0 aromatic carbocycles. The summed E-state index contributed by atoms with van der Waals surface area (Å²) in [6.07, 6.45) is -0.610. The smallest absolute Gasteiger partial charge is 0.163 e. The fraction of sp³-hybridized carbons (Fsp3) is 1.00. The van der Waals surface area contributed by atoms with E-state index in [-0.39, 0.29) is 18.8 Å². The molecule has 22 heavy (non-hydrogen) atoms. The maximum absolute atomic E-state index is 9.87. The maximum atomic E-state index is 9.87. The Kier molecular flexibility index (Phi) is 6.18. The lowest BCUT2D eigenvalue weighted by Crippen LogP contribution is -2.37. The molecule has 7 nitrogen and oxygen atoms in total. The van der Waals surface area contributed by atoms with Crippen molar-refractivity contribution in [1.29, 1.82) is 0 Å². The molecule has 0 aromatic heterocycles. The highest BCUT2D eigenvalue weighted by molar-refractivity contribution is 4.74. The van der Waals surface area contributed by atoms with Crippen LogP contribution in [0.5, 0.6) is 0 Å². The lowest BCUT2D eigenvalue weighted by atomic mass is 10.3. The van der Waals surface area contributed by atoms with Crippen LogP contribution in [0.25, 0.3) is 0 Å². The molecule has 3 atom stereocenters. The number of aliphatic hydroxyl groups excluding tert-OH is 1. The van der Waals surface area contributed by atoms with Crippen LogP contribution in [0.15, 0.2) is 0 Å². The molecule has 2 rings (SSSR count). The first kappa shape index (κ1) is 18.1. The fourth-order valence-corrected chi connectivity index (χ4v) is 2.51. The molecule has 2 saturated heterocycles. The van der Waals surface area contributed by atoms with E-state index in [1.807, 2.05) is 27.7 Å². The predicted molar refractivity (Wildman–Crippen MR) is 79.5 cm³/mol. The topological polar surface area (TPSA) is 78.4 Å². The Morgan fingerprint density at radius 1 is 1.09 bits per heavy atom. The summed E-state index contributed by atoms with van der Waals surface area (Å²) in [5.41, 5.74) is 0. The average Bonchev–Trinajstić information content (AvgIpc) is 2.92. The zero-order valence-electron chi connectivity index (χ0n) is 14.0. The molecule has 130 valence electrons. The average molecular weight is 319 g/mol. The van der Waals surface area contributed by atoms with Crippen LogP contribution in [0.3, 0.4) is 0 Å². The second-order valence-corrected chi connectivity index (χ2v) is 6.75. The summed E-state index contributed by atoms with van der Waals surface area (Å²) in [5.74, 6) is -1.05. The van der Waals surface area contributed by atoms with Crippen molar-refractivity contribution in [3.8, 4) is 0 Å². The normalized spacial score (nSPS) is 31.5. The molecule has 2 aliphatic rings. The van der Waals surface area contributed by atoms with E-state index in [2.05, 4.69) is 5.32 Å². The van der Waals surface area contributed by atoms with Crippen LogP contribution < -0.4 is 5.32 Å². The monoisotopic (exact) mass is 319 g/mol. The summed E-state index contributed by atoms with van der Waals surface area (Å²) in [5, 5.41) is 13.0. The lowest BCUT2D eigenvalue weighted by molar-refractivity contribution is -0.146. The molecule has 2 N–H and O–H groups in total. The quantitative estimate of drug-likeness (QED) is 0.664. The Labute approximate surface area is 132 Å². The molecule has 1 unspecified atom stereocenters. The summed E-state index contributed by atoms with van der Waals surface area (Å²) in [4.78, 5) is 0. The zero-order valence-corrected chi connectivity index (χ0v) is 14.0. The Morgan fingerprint density at radius 2 is 1.68 bits per heavy atom. The van der Waals surface area contributed by atoms with E-state index < -0.39 is 17.7 Å². The molecule has 0 aliphatic carbocycles. The Hall–Kier alpha value is -0.280. The first-order valence-electron chi connectivity index (χ1n) is 7.86. The van der Waals surface area contributed by atoms with E-state index in [1.54, 1.807) is 0 Å². The summed E-state index contributed by atoms with van der Waals surface area (Å²) >= 11 is 0. The maximum Gasteiger partial charge on any atom is 0.163 e. The van der Waals surface area contributed by atoms with Gasteiger partial charge in [0.2, 0.25) is 0 Å². The molecule has 0 spiro atoms. The van der Waals surface area contributed by atoms with Crippen LogP contribution in [0.1, 0.15) is 27.7 Å². The van der Waals surface area contributed by atoms with Gasteiger partial charge in [-0.2, -0.15) is 0 Å². The third-order valence-corrected chi connectivity index (χ3v) is 3.50. The van der Waals surface area contributed by atoms with Crippen molar-refractivity contribution < 1.29 is 28.8 Å². The molecule has 2 aliphatic heterocycles. The van der Waals surface area contributed by atoms with Gasteiger partial charge in [-0.15, -0.1) is 0 Å². The molecular formula is C15H29NO6. The van der Waals surface area contributed by atoms with Gasteiger partial charge in [-0.3, -0.25) is 0 Å². The van der Waals surface area contributed by atoms with Crippen molar-refractivity contribution in [2.45, 2.75) is 57.6 Å². The number of rotatable bonds is 8. The second kappa shape index (κ2) is 7.53. The summed E-state index contributed by atoms with van der Waals surface area (Å²) in [6.45, 7) is 10.4. The minimum absolute atomic E-state index is 0.0226. The molecule has 0 radical (unpaired) electrons. The van der Waals surface area contributed by atoms with E-state index in [0.717, 1.165) is 0 Å². The standard InChI is InChI=1S/C15H29NO6/c1-14(2)19-9-12(21-14)6-16-5-11(17)7-18-8-13-10-20-15(3,4)22-13/h11-13,16-17H,5-10H2,1-4H3/t11?,12-,13-/m0/s1. The van der Waals surface area contributed by atoms with Crippen LogP contribution in [0, 0.1) is 0 Å². The van der Waals surface area contributed by atoms with Crippen molar-refractivity contribution >= 4 is 0 Å². The van der Waals surface area contributed by atoms with Crippen LogP contribution in [0.4, 0.5) is 0 Å². The Morgan fingerprint density at radius 3 is 2.23 bits per heavy atom. The fourth-order valence-electron chi connectivity index (χ4n) is 2.51. The third-order valence-electron chi connectivity index (χ3n) is 3.50. The summed E-state index contributed by atoms with van der Waals surface area (Å²) in [7, 11) is 0. The lowest BCUT2D eigenvalue weighted by Gasteiger charge is -2.19. The number of ether oxygens (including phenoxy) is 5. The van der Waals surface area contributed by atoms with Crippen molar-refractivity contribution in [3.63, 3.8) is 0 Å². The van der Waals surface area contributed by atoms with Gasteiger partial charge in [-0.25, -0.2) is 0 Å². The van der Waals surface area contributed by atoms with Crippen LogP contribution in [0.2, 0.25) is 0 Å². The van der Waals surface area contributed by atoms with Crippen LogP contribution in [-0.2, 0) is 23.7 Å². The summed E-state index contributed by atoms with van der Waals surface area (Å²) in [6, 6.07) is 0. The molecule has 0 saturated carbocycles. The first-order chi connectivity index (χ1) is 10.3. The van der Waals surface area contributed by atoms with Gasteiger partial charge in [0.1, 0.15) is 6.10 Å². The van der Waals surface area contributed by atoms with Gasteiger partial charge in [0.15, 0.2) is 11.6 Å². The molecule has 2 heterocycles. The van der Waals surface area contributed by atoms with E-state index in [4.69, 9.17) is 23.7 Å². The van der Waals surface area contributed by atoms with Gasteiger partial charge < -0.3 is 34.1 Å². The second-order valence-electron chi connectivity index (χ2n) is 6.75. The predicted octanol–water partition coefficient (Wildman–Crippen LogP) is 0.257. The van der Waals surface area contributed by atoms with E-state index in [0.29, 0.717) is 32.9 Å². The molecule has 7 heteroatoms. The highest BCUT2D eigenvalue weighted by Crippen LogP contribution is 2.22. The van der Waals surface area contributed by atoms with Gasteiger partial charge in [0.05, 0.1) is 38.6 Å². The first-order valence-corrected chi connectivity index (χ1v) is 7.86. The van der Waals surface area contributed by atoms with Gasteiger partial charge >= 0.3 is 0 Å². The Bertz CT molecular complexity index is 317. The van der Waals surface area contributed by atoms with Crippen LogP contribution in [-0.4, -0.2) is 74.5 Å². The molecule has 0 amide bonds. The Balaban J connectivity index is 1.49. The molecular weight excluding hydrogens is 290 g/mol.